The fourth-order valence-electron chi connectivity index (χ4n) is 4.17. The number of piperidine rings is 1. The SMILES string of the molecule is CN(C)c1ccc(C2CCN(C(=O)Oc3cccc(N4CCOCC4)c3)CC2)cc1. The van der Waals surface area contributed by atoms with Crippen LogP contribution < -0.4 is 14.5 Å². The van der Waals surface area contributed by atoms with Crippen molar-refractivity contribution in [2.24, 2.45) is 0 Å². The topological polar surface area (TPSA) is 45.2 Å². The second-order valence-electron chi connectivity index (χ2n) is 8.21. The van der Waals surface area contributed by atoms with Crippen LogP contribution in [-0.2, 0) is 4.74 Å². The molecule has 0 unspecified atom stereocenters. The van der Waals surface area contributed by atoms with E-state index in [-0.39, 0.29) is 6.09 Å². The van der Waals surface area contributed by atoms with Gasteiger partial charge in [-0.05, 0) is 48.6 Å². The van der Waals surface area contributed by atoms with E-state index in [0.717, 1.165) is 57.9 Å². The van der Waals surface area contributed by atoms with E-state index in [0.29, 0.717) is 11.7 Å². The summed E-state index contributed by atoms with van der Waals surface area (Å²) < 4.78 is 11.1. The summed E-state index contributed by atoms with van der Waals surface area (Å²) in [5, 5.41) is 0. The van der Waals surface area contributed by atoms with Crippen molar-refractivity contribution < 1.29 is 14.3 Å². The third-order valence-electron chi connectivity index (χ3n) is 6.03. The number of amides is 1. The molecule has 0 spiro atoms. The minimum Gasteiger partial charge on any atom is -0.410 e. The van der Waals surface area contributed by atoms with Gasteiger partial charge in [0.1, 0.15) is 5.75 Å². The van der Waals surface area contributed by atoms with Gasteiger partial charge in [-0.25, -0.2) is 4.79 Å². The van der Waals surface area contributed by atoms with Gasteiger partial charge < -0.3 is 24.2 Å². The number of morpholine rings is 1. The first kappa shape index (κ1) is 20.5. The lowest BCUT2D eigenvalue weighted by molar-refractivity contribution is 0.122. The number of rotatable bonds is 4. The Balaban J connectivity index is 1.31. The number of ether oxygens (including phenoxy) is 2. The van der Waals surface area contributed by atoms with E-state index in [4.69, 9.17) is 9.47 Å². The summed E-state index contributed by atoms with van der Waals surface area (Å²) in [6.45, 7) is 4.64. The molecule has 1 amide bonds. The average molecular weight is 410 g/mol. The number of carbonyl (C=O) groups is 1. The molecule has 2 aromatic carbocycles. The summed E-state index contributed by atoms with van der Waals surface area (Å²) in [7, 11) is 4.10. The Bertz CT molecular complexity index is 839. The molecular formula is C24H31N3O3. The zero-order valence-electron chi connectivity index (χ0n) is 17.9. The van der Waals surface area contributed by atoms with Crippen molar-refractivity contribution >= 4 is 17.5 Å². The van der Waals surface area contributed by atoms with E-state index in [9.17, 15) is 4.79 Å². The van der Waals surface area contributed by atoms with Crippen molar-refractivity contribution in [3.8, 4) is 5.75 Å². The molecule has 2 heterocycles. The third kappa shape index (κ3) is 4.87. The van der Waals surface area contributed by atoms with E-state index in [1.807, 2.05) is 23.1 Å². The van der Waals surface area contributed by atoms with Gasteiger partial charge >= 0.3 is 6.09 Å². The van der Waals surface area contributed by atoms with Gasteiger partial charge in [-0.3, -0.25) is 0 Å². The monoisotopic (exact) mass is 409 g/mol. The molecule has 0 bridgehead atoms. The molecular weight excluding hydrogens is 378 g/mol. The molecule has 0 N–H and O–H groups in total. The molecule has 2 aliphatic rings. The molecule has 4 rings (SSSR count). The highest BCUT2D eigenvalue weighted by Gasteiger charge is 2.25. The number of likely N-dealkylation sites (tertiary alicyclic amines) is 1. The fourth-order valence-corrected chi connectivity index (χ4v) is 4.17. The molecule has 2 saturated heterocycles. The van der Waals surface area contributed by atoms with Crippen molar-refractivity contribution in [2.75, 3.05) is 63.3 Å². The maximum Gasteiger partial charge on any atom is 0.415 e. The predicted octanol–water partition coefficient (Wildman–Crippen LogP) is 3.97. The quantitative estimate of drug-likeness (QED) is 0.765. The van der Waals surface area contributed by atoms with Gasteiger partial charge in [0.05, 0.1) is 13.2 Å². The third-order valence-corrected chi connectivity index (χ3v) is 6.03. The molecule has 0 atom stereocenters. The summed E-state index contributed by atoms with van der Waals surface area (Å²) in [4.78, 5) is 18.9. The Morgan fingerprint density at radius 1 is 1.00 bits per heavy atom. The van der Waals surface area contributed by atoms with Gasteiger partial charge in [0.2, 0.25) is 0 Å². The van der Waals surface area contributed by atoms with E-state index in [2.05, 4.69) is 54.2 Å². The van der Waals surface area contributed by atoms with Crippen LogP contribution in [0.1, 0.15) is 24.3 Å². The van der Waals surface area contributed by atoms with Crippen molar-refractivity contribution in [3.05, 3.63) is 54.1 Å². The lowest BCUT2D eigenvalue weighted by Crippen LogP contribution is -2.39. The average Bonchev–Trinajstić information content (AvgIpc) is 2.80. The molecule has 0 aromatic heterocycles. The van der Waals surface area contributed by atoms with Crippen LogP contribution in [0.25, 0.3) is 0 Å². The Labute approximate surface area is 179 Å². The van der Waals surface area contributed by atoms with Crippen LogP contribution >= 0.6 is 0 Å². The molecule has 6 heteroatoms. The molecule has 0 aliphatic carbocycles. The molecule has 2 aliphatic heterocycles. The summed E-state index contributed by atoms with van der Waals surface area (Å²) in [5.41, 5.74) is 3.63. The number of benzene rings is 2. The molecule has 160 valence electrons. The van der Waals surface area contributed by atoms with Crippen LogP contribution in [-0.4, -0.2) is 64.5 Å². The highest BCUT2D eigenvalue weighted by Crippen LogP contribution is 2.30. The van der Waals surface area contributed by atoms with Crippen molar-refractivity contribution in [1.29, 1.82) is 0 Å². The van der Waals surface area contributed by atoms with Gasteiger partial charge in [-0.15, -0.1) is 0 Å². The number of nitrogens with zero attached hydrogens (tertiary/aromatic N) is 3. The molecule has 0 saturated carbocycles. The molecule has 2 fully saturated rings. The minimum atomic E-state index is -0.254. The Morgan fingerprint density at radius 2 is 1.70 bits per heavy atom. The Morgan fingerprint density at radius 3 is 2.37 bits per heavy atom. The highest BCUT2D eigenvalue weighted by atomic mass is 16.6. The maximum atomic E-state index is 12.7. The largest absolute Gasteiger partial charge is 0.415 e. The van der Waals surface area contributed by atoms with E-state index in [1.54, 1.807) is 0 Å². The fraction of sp³-hybridized carbons (Fsp3) is 0.458. The molecule has 30 heavy (non-hydrogen) atoms. The zero-order valence-corrected chi connectivity index (χ0v) is 17.9. The molecule has 6 nitrogen and oxygen atoms in total. The number of hydrogen-bond acceptors (Lipinski definition) is 5. The molecule has 2 aromatic rings. The second kappa shape index (κ2) is 9.39. The van der Waals surface area contributed by atoms with E-state index in [1.165, 1.54) is 11.3 Å². The lowest BCUT2D eigenvalue weighted by atomic mass is 9.89. The van der Waals surface area contributed by atoms with Gasteiger partial charge in [0.25, 0.3) is 0 Å². The van der Waals surface area contributed by atoms with Crippen molar-refractivity contribution in [3.63, 3.8) is 0 Å². The predicted molar refractivity (Wildman–Crippen MR) is 120 cm³/mol. The normalized spacial score (nSPS) is 17.7. The summed E-state index contributed by atoms with van der Waals surface area (Å²) in [5.74, 6) is 1.10. The second-order valence-corrected chi connectivity index (χ2v) is 8.21. The number of hydrogen-bond donors (Lipinski definition) is 0. The lowest BCUT2D eigenvalue weighted by Gasteiger charge is -2.32. The van der Waals surface area contributed by atoms with Crippen LogP contribution in [0.4, 0.5) is 16.2 Å². The van der Waals surface area contributed by atoms with Crippen molar-refractivity contribution in [1.82, 2.24) is 4.90 Å². The van der Waals surface area contributed by atoms with Crippen molar-refractivity contribution in [2.45, 2.75) is 18.8 Å². The van der Waals surface area contributed by atoms with Crippen LogP contribution in [0.5, 0.6) is 5.75 Å². The Kier molecular flexibility index (Phi) is 6.43. The van der Waals surface area contributed by atoms with Crippen LogP contribution in [0.2, 0.25) is 0 Å². The first-order chi connectivity index (χ1) is 14.6. The summed E-state index contributed by atoms with van der Waals surface area (Å²) in [6.07, 6.45) is 1.67. The van der Waals surface area contributed by atoms with Crippen LogP contribution in [0.3, 0.4) is 0 Å². The first-order valence-electron chi connectivity index (χ1n) is 10.8. The minimum absolute atomic E-state index is 0.254. The maximum absolute atomic E-state index is 12.7. The van der Waals surface area contributed by atoms with Gasteiger partial charge in [-0.1, -0.05) is 18.2 Å². The van der Waals surface area contributed by atoms with Gasteiger partial charge in [-0.2, -0.15) is 0 Å². The summed E-state index contributed by atoms with van der Waals surface area (Å²) >= 11 is 0. The highest BCUT2D eigenvalue weighted by molar-refractivity contribution is 5.71. The van der Waals surface area contributed by atoms with Gasteiger partial charge in [0.15, 0.2) is 0 Å². The Hall–Kier alpha value is -2.73. The van der Waals surface area contributed by atoms with E-state index >= 15 is 0 Å². The van der Waals surface area contributed by atoms with E-state index < -0.39 is 0 Å². The first-order valence-corrected chi connectivity index (χ1v) is 10.8. The molecule has 0 radical (unpaired) electrons. The standard InChI is InChI=1S/C24H31N3O3/c1-25(2)21-8-6-19(7-9-21)20-10-12-27(13-11-20)24(28)30-23-5-3-4-22(18-23)26-14-16-29-17-15-26/h3-9,18,20H,10-17H2,1-2H3. The number of carbonyl (C=O) groups excluding carboxylic acids is 1. The van der Waals surface area contributed by atoms with Crippen LogP contribution in [0, 0.1) is 0 Å². The summed E-state index contributed by atoms with van der Waals surface area (Å²) in [6, 6.07) is 16.5. The number of anilines is 2. The smallest absolute Gasteiger partial charge is 0.410 e. The zero-order chi connectivity index (χ0) is 20.9. The van der Waals surface area contributed by atoms with Crippen LogP contribution in [0.15, 0.2) is 48.5 Å². The van der Waals surface area contributed by atoms with Gasteiger partial charge in [0, 0.05) is 57.7 Å².